The summed E-state index contributed by atoms with van der Waals surface area (Å²) in [6, 6.07) is 11.2. The summed E-state index contributed by atoms with van der Waals surface area (Å²) in [4.78, 5) is 14.8. The summed E-state index contributed by atoms with van der Waals surface area (Å²) < 4.78 is 11.8. The van der Waals surface area contributed by atoms with Gasteiger partial charge in [-0.2, -0.15) is 0 Å². The fourth-order valence-electron chi connectivity index (χ4n) is 3.39. The van der Waals surface area contributed by atoms with Crippen molar-refractivity contribution in [1.29, 1.82) is 0 Å². The summed E-state index contributed by atoms with van der Waals surface area (Å²) >= 11 is 6.19. The standard InChI is InChI=1S/C23H29ClN2O3/c1-15-13-21(14-16(2)22(15)24)28-17(3)23(27)25-18-5-7-19(8-6-18)29-20-9-11-26(4)12-10-20/h5-8,13-14,17,20H,9-12H2,1-4H3,(H,25,27). The number of likely N-dealkylation sites (tertiary alicyclic amines) is 1. The topological polar surface area (TPSA) is 50.8 Å². The Bertz CT molecular complexity index is 823. The molecule has 1 heterocycles. The van der Waals surface area contributed by atoms with E-state index in [4.69, 9.17) is 21.1 Å². The van der Waals surface area contributed by atoms with Crippen LogP contribution >= 0.6 is 11.6 Å². The molecule has 0 bridgehead atoms. The maximum Gasteiger partial charge on any atom is 0.265 e. The smallest absolute Gasteiger partial charge is 0.265 e. The first-order valence-corrected chi connectivity index (χ1v) is 10.4. The summed E-state index contributed by atoms with van der Waals surface area (Å²) in [5.41, 5.74) is 2.56. The number of hydrogen-bond acceptors (Lipinski definition) is 4. The Kier molecular flexibility index (Phi) is 7.04. The molecule has 2 aromatic rings. The molecule has 1 atom stereocenters. The number of carbonyl (C=O) groups is 1. The molecule has 1 aliphatic rings. The number of carbonyl (C=O) groups excluding carboxylic acids is 1. The number of benzene rings is 2. The zero-order chi connectivity index (χ0) is 21.0. The van der Waals surface area contributed by atoms with Gasteiger partial charge in [0, 0.05) is 23.8 Å². The van der Waals surface area contributed by atoms with E-state index in [0.29, 0.717) is 11.4 Å². The molecule has 0 spiro atoms. The summed E-state index contributed by atoms with van der Waals surface area (Å²) in [5.74, 6) is 1.25. The first kappa shape index (κ1) is 21.5. The second-order valence-electron chi connectivity index (χ2n) is 7.77. The van der Waals surface area contributed by atoms with Crippen molar-refractivity contribution in [2.24, 2.45) is 0 Å². The van der Waals surface area contributed by atoms with E-state index in [1.807, 2.05) is 50.2 Å². The molecule has 3 rings (SSSR count). The minimum absolute atomic E-state index is 0.209. The average Bonchev–Trinajstić information content (AvgIpc) is 2.69. The van der Waals surface area contributed by atoms with Crippen molar-refractivity contribution in [2.75, 3.05) is 25.5 Å². The molecular weight excluding hydrogens is 388 g/mol. The highest BCUT2D eigenvalue weighted by Gasteiger charge is 2.19. The SMILES string of the molecule is Cc1cc(OC(C)C(=O)Nc2ccc(OC3CCN(C)CC3)cc2)cc(C)c1Cl. The van der Waals surface area contributed by atoms with E-state index in [0.717, 1.165) is 47.8 Å². The predicted molar refractivity (Wildman–Crippen MR) is 117 cm³/mol. The predicted octanol–water partition coefficient (Wildman–Crippen LogP) is 4.84. The number of ether oxygens (including phenoxy) is 2. The molecule has 1 fully saturated rings. The Morgan fingerprint density at radius 1 is 1.10 bits per heavy atom. The van der Waals surface area contributed by atoms with E-state index >= 15 is 0 Å². The van der Waals surface area contributed by atoms with E-state index < -0.39 is 6.10 Å². The first-order valence-electron chi connectivity index (χ1n) is 10.0. The van der Waals surface area contributed by atoms with Crippen molar-refractivity contribution in [3.05, 3.63) is 52.5 Å². The Morgan fingerprint density at radius 3 is 2.28 bits per heavy atom. The van der Waals surface area contributed by atoms with Gasteiger partial charge in [0.05, 0.1) is 0 Å². The third kappa shape index (κ3) is 5.87. The van der Waals surface area contributed by atoms with Crippen LogP contribution in [-0.4, -0.2) is 43.2 Å². The van der Waals surface area contributed by atoms with Crippen LogP contribution in [0.3, 0.4) is 0 Å². The number of nitrogens with one attached hydrogen (secondary N) is 1. The summed E-state index contributed by atoms with van der Waals surface area (Å²) in [5, 5.41) is 3.61. The van der Waals surface area contributed by atoms with Crippen LogP contribution in [0.1, 0.15) is 30.9 Å². The molecule has 1 unspecified atom stereocenters. The molecule has 5 nitrogen and oxygen atoms in total. The number of piperidine rings is 1. The Morgan fingerprint density at radius 2 is 1.69 bits per heavy atom. The van der Waals surface area contributed by atoms with Crippen molar-refractivity contribution in [3.8, 4) is 11.5 Å². The maximum absolute atomic E-state index is 12.5. The molecule has 1 aliphatic heterocycles. The second-order valence-corrected chi connectivity index (χ2v) is 8.14. The zero-order valence-electron chi connectivity index (χ0n) is 17.5. The molecule has 1 amide bonds. The summed E-state index contributed by atoms with van der Waals surface area (Å²) in [6.45, 7) is 7.68. The van der Waals surface area contributed by atoms with Crippen molar-refractivity contribution in [2.45, 2.75) is 45.8 Å². The van der Waals surface area contributed by atoms with Crippen LogP contribution in [0.15, 0.2) is 36.4 Å². The van der Waals surface area contributed by atoms with Crippen LogP contribution in [0.5, 0.6) is 11.5 Å². The van der Waals surface area contributed by atoms with Gasteiger partial charge >= 0.3 is 0 Å². The fourth-order valence-corrected chi connectivity index (χ4v) is 3.50. The third-order valence-corrected chi connectivity index (χ3v) is 5.78. The van der Waals surface area contributed by atoms with E-state index in [1.54, 1.807) is 6.92 Å². The number of anilines is 1. The number of halogens is 1. The number of amides is 1. The Labute approximate surface area is 177 Å². The molecular formula is C23H29ClN2O3. The minimum Gasteiger partial charge on any atom is -0.490 e. The molecule has 1 N–H and O–H groups in total. The average molecular weight is 417 g/mol. The second kappa shape index (κ2) is 9.51. The highest BCUT2D eigenvalue weighted by atomic mass is 35.5. The van der Waals surface area contributed by atoms with Crippen LogP contribution < -0.4 is 14.8 Å². The molecule has 0 aliphatic carbocycles. The lowest BCUT2D eigenvalue weighted by Crippen LogP contribution is -2.35. The normalized spacial score (nSPS) is 16.3. The van der Waals surface area contributed by atoms with Crippen molar-refractivity contribution < 1.29 is 14.3 Å². The molecule has 0 aromatic heterocycles. The molecule has 0 radical (unpaired) electrons. The van der Waals surface area contributed by atoms with Gasteiger partial charge in [0.1, 0.15) is 17.6 Å². The highest BCUT2D eigenvalue weighted by molar-refractivity contribution is 6.32. The minimum atomic E-state index is -0.634. The van der Waals surface area contributed by atoms with Gasteiger partial charge in [0.25, 0.3) is 5.91 Å². The van der Waals surface area contributed by atoms with Crippen LogP contribution in [0.25, 0.3) is 0 Å². The van der Waals surface area contributed by atoms with Gasteiger partial charge in [0.2, 0.25) is 0 Å². The van der Waals surface area contributed by atoms with E-state index in [-0.39, 0.29) is 12.0 Å². The fraction of sp³-hybridized carbons (Fsp3) is 0.435. The Balaban J connectivity index is 1.53. The van der Waals surface area contributed by atoms with Gasteiger partial charge < -0.3 is 19.7 Å². The van der Waals surface area contributed by atoms with E-state index in [1.165, 1.54) is 0 Å². The number of rotatable bonds is 6. The van der Waals surface area contributed by atoms with Gasteiger partial charge in [-0.05, 0) is 88.2 Å². The molecule has 156 valence electrons. The lowest BCUT2D eigenvalue weighted by molar-refractivity contribution is -0.122. The summed E-state index contributed by atoms with van der Waals surface area (Å²) in [7, 11) is 2.13. The number of aryl methyl sites for hydroxylation is 2. The van der Waals surface area contributed by atoms with Gasteiger partial charge in [0.15, 0.2) is 6.10 Å². The van der Waals surface area contributed by atoms with Gasteiger partial charge in [-0.25, -0.2) is 0 Å². The number of hydrogen-bond donors (Lipinski definition) is 1. The lowest BCUT2D eigenvalue weighted by atomic mass is 10.1. The van der Waals surface area contributed by atoms with Crippen LogP contribution in [0, 0.1) is 13.8 Å². The van der Waals surface area contributed by atoms with Crippen molar-refractivity contribution >= 4 is 23.2 Å². The van der Waals surface area contributed by atoms with Crippen molar-refractivity contribution in [3.63, 3.8) is 0 Å². The van der Waals surface area contributed by atoms with E-state index in [9.17, 15) is 4.79 Å². The molecule has 2 aromatic carbocycles. The maximum atomic E-state index is 12.5. The van der Waals surface area contributed by atoms with Crippen LogP contribution in [0.4, 0.5) is 5.69 Å². The molecule has 29 heavy (non-hydrogen) atoms. The quantitative estimate of drug-likeness (QED) is 0.732. The van der Waals surface area contributed by atoms with E-state index in [2.05, 4.69) is 17.3 Å². The molecule has 0 saturated carbocycles. The van der Waals surface area contributed by atoms with Gasteiger partial charge in [-0.1, -0.05) is 11.6 Å². The monoisotopic (exact) mass is 416 g/mol. The molecule has 1 saturated heterocycles. The largest absolute Gasteiger partial charge is 0.490 e. The molecule has 6 heteroatoms. The number of nitrogens with zero attached hydrogens (tertiary/aromatic N) is 1. The Hall–Kier alpha value is -2.24. The van der Waals surface area contributed by atoms with Crippen LogP contribution in [0.2, 0.25) is 5.02 Å². The lowest BCUT2D eigenvalue weighted by Gasteiger charge is -2.29. The van der Waals surface area contributed by atoms with Crippen molar-refractivity contribution in [1.82, 2.24) is 4.90 Å². The van der Waals surface area contributed by atoms with Gasteiger partial charge in [-0.15, -0.1) is 0 Å². The summed E-state index contributed by atoms with van der Waals surface area (Å²) in [6.07, 6.45) is 1.69. The van der Waals surface area contributed by atoms with Crippen LogP contribution in [-0.2, 0) is 4.79 Å². The highest BCUT2D eigenvalue weighted by Crippen LogP contribution is 2.27. The zero-order valence-corrected chi connectivity index (χ0v) is 18.3. The third-order valence-electron chi connectivity index (χ3n) is 5.18. The first-order chi connectivity index (χ1) is 13.8. The van der Waals surface area contributed by atoms with Gasteiger partial charge in [-0.3, -0.25) is 4.79 Å².